The van der Waals surface area contributed by atoms with Crippen molar-refractivity contribution >= 4 is 34.0 Å². The Hall–Kier alpha value is -3.03. The lowest BCUT2D eigenvalue weighted by molar-refractivity contribution is 0.102. The molecule has 2 heterocycles. The van der Waals surface area contributed by atoms with E-state index in [1.54, 1.807) is 48.5 Å². The topological polar surface area (TPSA) is 74.3 Å². The van der Waals surface area contributed by atoms with Crippen LogP contribution in [-0.2, 0) is 6.54 Å². The van der Waals surface area contributed by atoms with Gasteiger partial charge in [0.2, 0.25) is 0 Å². The van der Waals surface area contributed by atoms with Crippen molar-refractivity contribution in [2.24, 2.45) is 5.92 Å². The number of anilines is 2. The fourth-order valence-corrected chi connectivity index (χ4v) is 4.32. The van der Waals surface area contributed by atoms with Gasteiger partial charge >= 0.3 is 0 Å². The molecule has 0 radical (unpaired) electrons. The van der Waals surface area contributed by atoms with E-state index >= 15 is 0 Å². The van der Waals surface area contributed by atoms with Gasteiger partial charge in [0.05, 0.1) is 16.9 Å². The molecule has 1 fully saturated rings. The third-order valence-electron chi connectivity index (χ3n) is 5.49. The number of rotatable bonds is 6. The van der Waals surface area contributed by atoms with E-state index in [-0.39, 0.29) is 11.8 Å². The summed E-state index contributed by atoms with van der Waals surface area (Å²) in [5, 5.41) is 8.27. The lowest BCUT2D eigenvalue weighted by Gasteiger charge is -2.29. The first-order valence-corrected chi connectivity index (χ1v) is 11.4. The molecule has 0 bridgehead atoms. The maximum Gasteiger partial charge on any atom is 0.259 e. The zero-order valence-corrected chi connectivity index (χ0v) is 18.3. The normalized spacial score (nSPS) is 14.9. The molecule has 1 saturated heterocycles. The van der Waals surface area contributed by atoms with E-state index in [9.17, 15) is 9.59 Å². The summed E-state index contributed by atoms with van der Waals surface area (Å²) >= 11 is 1.42. The van der Waals surface area contributed by atoms with Crippen molar-refractivity contribution in [2.75, 3.05) is 23.7 Å². The first-order chi connectivity index (χ1) is 15.1. The van der Waals surface area contributed by atoms with Crippen molar-refractivity contribution in [3.05, 3.63) is 76.8 Å². The molecule has 4 rings (SSSR count). The average Bonchev–Trinajstić information content (AvgIpc) is 3.23. The first-order valence-electron chi connectivity index (χ1n) is 10.5. The Balaban J connectivity index is 1.40. The van der Waals surface area contributed by atoms with E-state index in [4.69, 9.17) is 0 Å². The Morgan fingerprint density at radius 1 is 1.00 bits per heavy atom. The van der Waals surface area contributed by atoms with Crippen LogP contribution >= 0.6 is 11.3 Å². The minimum Gasteiger partial charge on any atom is -0.321 e. The smallest absolute Gasteiger partial charge is 0.259 e. The van der Waals surface area contributed by atoms with Gasteiger partial charge in [0.1, 0.15) is 0 Å². The molecular formula is C24H26N4O2S. The standard InChI is InChI=1S/C24H26N4O2S/c1-17-11-13-28(14-12-17)15-19-16-31-24(25-19)27-23(30)20-9-5-6-10-21(20)26-22(29)18-7-3-2-4-8-18/h2-10,16-17H,11-15H2,1H3,(H,26,29)(H,25,27,30). The van der Waals surface area contributed by atoms with Crippen LogP contribution in [0.15, 0.2) is 60.0 Å². The van der Waals surface area contributed by atoms with Crippen molar-refractivity contribution in [2.45, 2.75) is 26.3 Å². The van der Waals surface area contributed by atoms with Crippen LogP contribution < -0.4 is 10.6 Å². The molecule has 0 spiro atoms. The Morgan fingerprint density at radius 2 is 1.71 bits per heavy atom. The molecule has 1 aliphatic rings. The Morgan fingerprint density at radius 3 is 2.48 bits per heavy atom. The second-order valence-electron chi connectivity index (χ2n) is 7.92. The molecule has 7 heteroatoms. The number of nitrogens with one attached hydrogen (secondary N) is 2. The van der Waals surface area contributed by atoms with Gasteiger partial charge in [0.15, 0.2) is 5.13 Å². The molecule has 3 aromatic rings. The number of carbonyl (C=O) groups is 2. The average molecular weight is 435 g/mol. The highest BCUT2D eigenvalue weighted by Gasteiger charge is 2.18. The summed E-state index contributed by atoms with van der Waals surface area (Å²) in [6, 6.07) is 15.9. The van der Waals surface area contributed by atoms with Gasteiger partial charge in [0.25, 0.3) is 11.8 Å². The largest absolute Gasteiger partial charge is 0.321 e. The number of piperidine rings is 1. The maximum absolute atomic E-state index is 12.9. The molecule has 1 aliphatic heterocycles. The van der Waals surface area contributed by atoms with E-state index in [0.717, 1.165) is 31.2 Å². The maximum atomic E-state index is 12.9. The minimum atomic E-state index is -0.295. The molecule has 1 aromatic heterocycles. The molecule has 0 unspecified atom stereocenters. The molecule has 0 atom stereocenters. The molecular weight excluding hydrogens is 408 g/mol. The number of amides is 2. The van der Waals surface area contributed by atoms with Gasteiger partial charge < -0.3 is 5.32 Å². The van der Waals surface area contributed by atoms with E-state index < -0.39 is 0 Å². The molecule has 6 nitrogen and oxygen atoms in total. The van der Waals surface area contributed by atoms with Crippen molar-refractivity contribution in [1.82, 2.24) is 9.88 Å². The molecule has 0 aliphatic carbocycles. The number of aromatic nitrogens is 1. The number of carbonyl (C=O) groups excluding carboxylic acids is 2. The molecule has 160 valence electrons. The highest BCUT2D eigenvalue weighted by molar-refractivity contribution is 7.14. The summed E-state index contributed by atoms with van der Waals surface area (Å²) < 4.78 is 0. The quantitative estimate of drug-likeness (QED) is 0.580. The highest BCUT2D eigenvalue weighted by Crippen LogP contribution is 2.23. The summed E-state index contributed by atoms with van der Waals surface area (Å²) in [5.74, 6) is 0.244. The van der Waals surface area contributed by atoms with E-state index in [0.29, 0.717) is 21.9 Å². The van der Waals surface area contributed by atoms with Gasteiger partial charge in [-0.05, 0) is 56.1 Å². The van der Waals surface area contributed by atoms with Crippen LogP contribution in [0.25, 0.3) is 0 Å². The second-order valence-corrected chi connectivity index (χ2v) is 8.78. The second kappa shape index (κ2) is 9.85. The number of benzene rings is 2. The summed E-state index contributed by atoms with van der Waals surface area (Å²) in [7, 11) is 0. The van der Waals surface area contributed by atoms with E-state index in [2.05, 4.69) is 27.4 Å². The number of likely N-dealkylation sites (tertiary alicyclic amines) is 1. The summed E-state index contributed by atoms with van der Waals surface area (Å²) in [5.41, 5.74) is 2.37. The van der Waals surface area contributed by atoms with E-state index in [1.165, 1.54) is 24.2 Å². The summed E-state index contributed by atoms with van der Waals surface area (Å²) in [4.78, 5) is 32.4. The van der Waals surface area contributed by atoms with Crippen LogP contribution in [0.1, 0.15) is 46.2 Å². The molecule has 0 saturated carbocycles. The van der Waals surface area contributed by atoms with Gasteiger partial charge in [-0.15, -0.1) is 11.3 Å². The molecule has 31 heavy (non-hydrogen) atoms. The van der Waals surface area contributed by atoms with Gasteiger partial charge in [-0.1, -0.05) is 37.3 Å². The number of hydrogen-bond donors (Lipinski definition) is 2. The first kappa shape index (κ1) is 21.2. The van der Waals surface area contributed by atoms with Crippen LogP contribution in [0.3, 0.4) is 0 Å². The zero-order chi connectivity index (χ0) is 21.6. The minimum absolute atomic E-state index is 0.256. The Labute approximate surface area is 186 Å². The number of para-hydroxylation sites is 1. The third-order valence-corrected chi connectivity index (χ3v) is 6.30. The van der Waals surface area contributed by atoms with Gasteiger partial charge in [-0.2, -0.15) is 0 Å². The summed E-state index contributed by atoms with van der Waals surface area (Å²) in [6.45, 7) is 5.29. The Bertz CT molecular complexity index is 1040. The van der Waals surface area contributed by atoms with Crippen LogP contribution in [-0.4, -0.2) is 34.8 Å². The SMILES string of the molecule is CC1CCN(Cc2csc(NC(=O)c3ccccc3NC(=O)c3ccccc3)n2)CC1. The van der Waals surface area contributed by atoms with Crippen molar-refractivity contribution in [3.63, 3.8) is 0 Å². The van der Waals surface area contributed by atoms with Crippen molar-refractivity contribution < 1.29 is 9.59 Å². The van der Waals surface area contributed by atoms with Gasteiger partial charge in [-0.3, -0.25) is 19.8 Å². The van der Waals surface area contributed by atoms with Crippen molar-refractivity contribution in [1.29, 1.82) is 0 Å². The number of hydrogen-bond acceptors (Lipinski definition) is 5. The van der Waals surface area contributed by atoms with Crippen LogP contribution in [0.4, 0.5) is 10.8 Å². The fourth-order valence-electron chi connectivity index (χ4n) is 3.62. The predicted molar refractivity (Wildman–Crippen MR) is 125 cm³/mol. The highest BCUT2D eigenvalue weighted by atomic mass is 32.1. The predicted octanol–water partition coefficient (Wildman–Crippen LogP) is 4.88. The van der Waals surface area contributed by atoms with Crippen LogP contribution in [0.5, 0.6) is 0 Å². The molecule has 2 aromatic carbocycles. The Kier molecular flexibility index (Phi) is 6.74. The lowest BCUT2D eigenvalue weighted by atomic mass is 9.99. The van der Waals surface area contributed by atoms with Crippen LogP contribution in [0.2, 0.25) is 0 Å². The van der Waals surface area contributed by atoms with E-state index in [1.807, 2.05) is 11.4 Å². The van der Waals surface area contributed by atoms with Crippen LogP contribution in [0, 0.1) is 5.92 Å². The fraction of sp³-hybridized carbons (Fsp3) is 0.292. The van der Waals surface area contributed by atoms with Gasteiger partial charge in [-0.25, -0.2) is 4.98 Å². The third kappa shape index (κ3) is 5.57. The van der Waals surface area contributed by atoms with Gasteiger partial charge in [0, 0.05) is 17.5 Å². The lowest BCUT2D eigenvalue weighted by Crippen LogP contribution is -2.32. The molecule has 2 N–H and O–H groups in total. The number of thiazole rings is 1. The summed E-state index contributed by atoms with van der Waals surface area (Å²) in [6.07, 6.45) is 2.44. The number of nitrogens with zero attached hydrogens (tertiary/aromatic N) is 2. The monoisotopic (exact) mass is 434 g/mol. The van der Waals surface area contributed by atoms with Crippen molar-refractivity contribution in [3.8, 4) is 0 Å². The molecule has 2 amide bonds. The zero-order valence-electron chi connectivity index (χ0n) is 17.5.